The standard InChI is InChI=1S/C20H31N3O3S/c1-16-4-3-11-22(15-16)19-7-5-17(6-8-19)14-21-20(24)18-9-12-23(13-10-18)27(2,25)26/h5-8,16,18H,3-4,9-15H2,1-2H3,(H,21,24)/t16-/m1/s1. The molecular formula is C20H31N3O3S. The molecule has 2 saturated heterocycles. The first-order valence-electron chi connectivity index (χ1n) is 9.89. The van der Waals surface area contributed by atoms with Gasteiger partial charge >= 0.3 is 0 Å². The average molecular weight is 394 g/mol. The van der Waals surface area contributed by atoms with E-state index in [1.165, 1.54) is 29.1 Å². The summed E-state index contributed by atoms with van der Waals surface area (Å²) < 4.78 is 24.6. The van der Waals surface area contributed by atoms with E-state index in [9.17, 15) is 13.2 Å². The molecule has 2 heterocycles. The predicted octanol–water partition coefficient (Wildman–Crippen LogP) is 2.21. The zero-order valence-corrected chi connectivity index (χ0v) is 17.2. The smallest absolute Gasteiger partial charge is 0.223 e. The Morgan fingerprint density at radius 2 is 1.78 bits per heavy atom. The number of hydrogen-bond acceptors (Lipinski definition) is 4. The molecule has 0 spiro atoms. The lowest BCUT2D eigenvalue weighted by molar-refractivity contribution is -0.126. The SMILES string of the molecule is C[C@@H]1CCCN(c2ccc(CNC(=O)C3CCN(S(C)(=O)=O)CC3)cc2)C1. The molecule has 6 nitrogen and oxygen atoms in total. The molecule has 0 unspecified atom stereocenters. The lowest BCUT2D eigenvalue weighted by atomic mass is 9.97. The van der Waals surface area contributed by atoms with Crippen molar-refractivity contribution in [2.75, 3.05) is 37.3 Å². The third-order valence-corrected chi connectivity index (χ3v) is 7.02. The van der Waals surface area contributed by atoms with E-state index in [0.29, 0.717) is 32.5 Å². The number of rotatable bonds is 5. The molecule has 2 aliphatic heterocycles. The van der Waals surface area contributed by atoms with E-state index in [1.54, 1.807) is 0 Å². The first-order valence-corrected chi connectivity index (χ1v) is 11.7. The van der Waals surface area contributed by atoms with Crippen LogP contribution in [0.5, 0.6) is 0 Å². The molecule has 1 N–H and O–H groups in total. The molecular weight excluding hydrogens is 362 g/mol. The van der Waals surface area contributed by atoms with Crippen LogP contribution >= 0.6 is 0 Å². The molecule has 0 aliphatic carbocycles. The van der Waals surface area contributed by atoms with Crippen molar-refractivity contribution in [1.29, 1.82) is 0 Å². The van der Waals surface area contributed by atoms with E-state index in [2.05, 4.69) is 41.4 Å². The lowest BCUT2D eigenvalue weighted by Gasteiger charge is -2.32. The second-order valence-corrected chi connectivity index (χ2v) is 10.00. The number of benzene rings is 1. The number of anilines is 1. The number of hydrogen-bond donors (Lipinski definition) is 1. The normalized spacial score (nSPS) is 22.6. The number of amides is 1. The van der Waals surface area contributed by atoms with Gasteiger partial charge in [-0.05, 0) is 49.3 Å². The van der Waals surface area contributed by atoms with Gasteiger partial charge in [-0.1, -0.05) is 19.1 Å². The van der Waals surface area contributed by atoms with E-state index in [-0.39, 0.29) is 11.8 Å². The number of sulfonamides is 1. The van der Waals surface area contributed by atoms with Gasteiger partial charge < -0.3 is 10.2 Å². The molecule has 0 radical (unpaired) electrons. The number of nitrogens with zero attached hydrogens (tertiary/aromatic N) is 2. The summed E-state index contributed by atoms with van der Waals surface area (Å²) in [7, 11) is -3.15. The van der Waals surface area contributed by atoms with Gasteiger partial charge in [0, 0.05) is 44.3 Å². The number of carbonyl (C=O) groups is 1. The molecule has 3 rings (SSSR count). The Balaban J connectivity index is 1.46. The van der Waals surface area contributed by atoms with E-state index in [0.717, 1.165) is 24.6 Å². The van der Waals surface area contributed by atoms with E-state index < -0.39 is 10.0 Å². The Labute approximate surface area is 163 Å². The minimum Gasteiger partial charge on any atom is -0.371 e. The summed E-state index contributed by atoms with van der Waals surface area (Å²) in [6.07, 6.45) is 4.96. The predicted molar refractivity (Wildman–Crippen MR) is 108 cm³/mol. The minimum atomic E-state index is -3.15. The Hall–Kier alpha value is -1.60. The van der Waals surface area contributed by atoms with Crippen molar-refractivity contribution < 1.29 is 13.2 Å². The van der Waals surface area contributed by atoms with Crippen molar-refractivity contribution >= 4 is 21.6 Å². The fourth-order valence-corrected chi connectivity index (χ4v) is 4.91. The second kappa shape index (κ2) is 8.61. The highest BCUT2D eigenvalue weighted by molar-refractivity contribution is 7.88. The van der Waals surface area contributed by atoms with E-state index in [1.807, 2.05) is 0 Å². The van der Waals surface area contributed by atoms with Gasteiger partial charge in [0.05, 0.1) is 6.26 Å². The summed E-state index contributed by atoms with van der Waals surface area (Å²) in [6, 6.07) is 8.45. The molecule has 0 bridgehead atoms. The van der Waals surface area contributed by atoms with Crippen LogP contribution in [0.3, 0.4) is 0 Å². The minimum absolute atomic E-state index is 0.0251. The highest BCUT2D eigenvalue weighted by Crippen LogP contribution is 2.23. The first-order chi connectivity index (χ1) is 12.8. The molecule has 1 aromatic rings. The van der Waals surface area contributed by atoms with Crippen molar-refractivity contribution in [3.05, 3.63) is 29.8 Å². The van der Waals surface area contributed by atoms with Crippen LogP contribution in [0, 0.1) is 11.8 Å². The summed E-state index contributed by atoms with van der Waals surface area (Å²) in [5.74, 6) is 0.668. The Morgan fingerprint density at radius 1 is 1.11 bits per heavy atom. The highest BCUT2D eigenvalue weighted by atomic mass is 32.2. The van der Waals surface area contributed by atoms with Gasteiger partial charge in [-0.2, -0.15) is 0 Å². The van der Waals surface area contributed by atoms with Crippen molar-refractivity contribution in [2.24, 2.45) is 11.8 Å². The van der Waals surface area contributed by atoms with Crippen LogP contribution in [-0.2, 0) is 21.4 Å². The summed E-state index contributed by atoms with van der Waals surface area (Å²) in [5, 5.41) is 3.01. The zero-order valence-electron chi connectivity index (χ0n) is 16.4. The fourth-order valence-electron chi connectivity index (χ4n) is 4.03. The van der Waals surface area contributed by atoms with Crippen LogP contribution in [0.2, 0.25) is 0 Å². The monoisotopic (exact) mass is 393 g/mol. The van der Waals surface area contributed by atoms with Crippen molar-refractivity contribution in [3.8, 4) is 0 Å². The number of carbonyl (C=O) groups excluding carboxylic acids is 1. The van der Waals surface area contributed by atoms with Crippen LogP contribution < -0.4 is 10.2 Å². The second-order valence-electron chi connectivity index (χ2n) is 8.01. The summed E-state index contributed by atoms with van der Waals surface area (Å²) >= 11 is 0. The largest absolute Gasteiger partial charge is 0.371 e. The highest BCUT2D eigenvalue weighted by Gasteiger charge is 2.28. The average Bonchev–Trinajstić information content (AvgIpc) is 2.66. The Kier molecular flexibility index (Phi) is 6.42. The van der Waals surface area contributed by atoms with E-state index >= 15 is 0 Å². The van der Waals surface area contributed by atoms with Crippen LogP contribution in [0.1, 0.15) is 38.2 Å². The summed E-state index contributed by atoms with van der Waals surface area (Å²) in [4.78, 5) is 14.8. The van der Waals surface area contributed by atoms with Gasteiger partial charge in [-0.15, -0.1) is 0 Å². The van der Waals surface area contributed by atoms with Gasteiger partial charge in [-0.3, -0.25) is 4.79 Å². The summed E-state index contributed by atoms with van der Waals surface area (Å²) in [6.45, 7) is 5.91. The van der Waals surface area contributed by atoms with Crippen LogP contribution in [0.25, 0.3) is 0 Å². The van der Waals surface area contributed by atoms with Gasteiger partial charge in [0.25, 0.3) is 0 Å². The van der Waals surface area contributed by atoms with Crippen LogP contribution in [-0.4, -0.2) is 51.1 Å². The first kappa shape index (κ1) is 20.1. The molecule has 1 atom stereocenters. The van der Waals surface area contributed by atoms with Crippen LogP contribution in [0.4, 0.5) is 5.69 Å². The quantitative estimate of drug-likeness (QED) is 0.833. The molecule has 27 heavy (non-hydrogen) atoms. The molecule has 1 amide bonds. The molecule has 7 heteroatoms. The van der Waals surface area contributed by atoms with Crippen molar-refractivity contribution in [2.45, 2.75) is 39.2 Å². The van der Waals surface area contributed by atoms with Crippen LogP contribution in [0.15, 0.2) is 24.3 Å². The van der Waals surface area contributed by atoms with Crippen molar-refractivity contribution in [3.63, 3.8) is 0 Å². The Bertz CT molecular complexity index is 740. The molecule has 0 saturated carbocycles. The zero-order chi connectivity index (χ0) is 19.4. The van der Waals surface area contributed by atoms with Gasteiger partial charge in [-0.25, -0.2) is 12.7 Å². The molecule has 1 aromatic carbocycles. The third kappa shape index (κ3) is 5.45. The fraction of sp³-hybridized carbons (Fsp3) is 0.650. The molecule has 150 valence electrons. The van der Waals surface area contributed by atoms with Gasteiger partial charge in [0.15, 0.2) is 0 Å². The third-order valence-electron chi connectivity index (χ3n) is 5.72. The molecule has 2 fully saturated rings. The lowest BCUT2D eigenvalue weighted by Crippen LogP contribution is -2.42. The number of piperidine rings is 2. The maximum atomic E-state index is 12.4. The maximum absolute atomic E-state index is 12.4. The van der Waals surface area contributed by atoms with Gasteiger partial charge in [0.1, 0.15) is 0 Å². The molecule has 2 aliphatic rings. The Morgan fingerprint density at radius 3 is 2.37 bits per heavy atom. The maximum Gasteiger partial charge on any atom is 0.223 e. The topological polar surface area (TPSA) is 69.7 Å². The van der Waals surface area contributed by atoms with Crippen molar-refractivity contribution in [1.82, 2.24) is 9.62 Å². The number of nitrogens with one attached hydrogen (secondary N) is 1. The summed E-state index contributed by atoms with van der Waals surface area (Å²) in [5.41, 5.74) is 2.34. The van der Waals surface area contributed by atoms with Gasteiger partial charge in [0.2, 0.25) is 15.9 Å². The molecule has 0 aromatic heterocycles. The van der Waals surface area contributed by atoms with E-state index in [4.69, 9.17) is 0 Å².